The Morgan fingerprint density at radius 1 is 0.952 bits per heavy atom. The lowest BCUT2D eigenvalue weighted by molar-refractivity contribution is -0.122. The van der Waals surface area contributed by atoms with Crippen LogP contribution in [0.3, 0.4) is 0 Å². The maximum Gasteiger partial charge on any atom is 0.242 e. The number of rotatable bonds is 2. The predicted octanol–water partition coefficient (Wildman–Crippen LogP) is 3.08. The molecule has 3 rings (SSSR count). The fourth-order valence-electron chi connectivity index (χ4n) is 2.58. The number of amides is 1. The molecule has 2 unspecified atom stereocenters. The maximum atomic E-state index is 12.2. The molecule has 0 fully saturated rings. The molecule has 3 nitrogen and oxygen atoms in total. The summed E-state index contributed by atoms with van der Waals surface area (Å²) < 4.78 is 0. The molecule has 0 aliphatic carbocycles. The van der Waals surface area contributed by atoms with Gasteiger partial charge >= 0.3 is 0 Å². The van der Waals surface area contributed by atoms with E-state index in [1.807, 2.05) is 66.7 Å². The summed E-state index contributed by atoms with van der Waals surface area (Å²) in [6.45, 7) is 0. The Bertz CT molecular complexity index is 714. The Morgan fingerprint density at radius 3 is 2.19 bits per heavy atom. The van der Waals surface area contributed by atoms with Gasteiger partial charge in [0.25, 0.3) is 0 Å². The smallest absolute Gasteiger partial charge is 0.242 e. The van der Waals surface area contributed by atoms with Gasteiger partial charge < -0.3 is 5.32 Å². The van der Waals surface area contributed by atoms with E-state index in [-0.39, 0.29) is 11.8 Å². The normalized spacial score (nSPS) is 21.1. The second-order valence-corrected chi connectivity index (χ2v) is 4.98. The molecule has 1 N–H and O–H groups in total. The Balaban J connectivity index is 2.06. The van der Waals surface area contributed by atoms with E-state index in [4.69, 9.17) is 0 Å². The van der Waals surface area contributed by atoms with Crippen molar-refractivity contribution in [3.05, 3.63) is 77.9 Å². The number of nitrogens with zero attached hydrogens (tertiary/aromatic N) is 1. The summed E-state index contributed by atoms with van der Waals surface area (Å²) in [6.07, 6.45) is 1.97. The molecule has 1 aliphatic heterocycles. The average Bonchev–Trinajstić information content (AvgIpc) is 2.55. The molecule has 0 spiro atoms. The van der Waals surface area contributed by atoms with Gasteiger partial charge in [-0.05, 0) is 11.1 Å². The van der Waals surface area contributed by atoms with Gasteiger partial charge in [0.15, 0.2) is 0 Å². The van der Waals surface area contributed by atoms with E-state index >= 15 is 0 Å². The molecule has 3 heteroatoms. The van der Waals surface area contributed by atoms with Crippen LogP contribution < -0.4 is 5.32 Å². The standard InChI is InChI=1S/C18H14N2O/c19-12-16-15(13-7-3-1-4-8-13)11-17(20-18(16)21)14-9-5-2-6-10-14/h1-11,15-16H,(H,20,21). The molecule has 1 heterocycles. The minimum Gasteiger partial charge on any atom is -0.325 e. The summed E-state index contributed by atoms with van der Waals surface area (Å²) in [7, 11) is 0. The first-order valence-electron chi connectivity index (χ1n) is 6.82. The van der Waals surface area contributed by atoms with Crippen LogP contribution in [-0.4, -0.2) is 5.91 Å². The molecule has 2 atom stereocenters. The second kappa shape index (κ2) is 5.64. The number of carbonyl (C=O) groups is 1. The third-order valence-electron chi connectivity index (χ3n) is 3.65. The predicted molar refractivity (Wildman–Crippen MR) is 80.8 cm³/mol. The molecule has 0 aromatic heterocycles. The first-order chi connectivity index (χ1) is 10.3. The number of nitriles is 1. The lowest BCUT2D eigenvalue weighted by atomic mass is 9.82. The average molecular weight is 274 g/mol. The first-order valence-corrected chi connectivity index (χ1v) is 6.82. The summed E-state index contributed by atoms with van der Waals surface area (Å²) >= 11 is 0. The van der Waals surface area contributed by atoms with Crippen molar-refractivity contribution in [2.45, 2.75) is 5.92 Å². The molecule has 0 radical (unpaired) electrons. The largest absolute Gasteiger partial charge is 0.325 e. The van der Waals surface area contributed by atoms with Gasteiger partial charge in [0.2, 0.25) is 5.91 Å². The third kappa shape index (κ3) is 2.56. The highest BCUT2D eigenvalue weighted by Gasteiger charge is 2.33. The van der Waals surface area contributed by atoms with Crippen molar-refractivity contribution in [3.63, 3.8) is 0 Å². The van der Waals surface area contributed by atoms with E-state index in [0.717, 1.165) is 16.8 Å². The SMILES string of the molecule is N#CC1C(=O)NC(c2ccccc2)=CC1c1ccccc1. The van der Waals surface area contributed by atoms with E-state index in [0.29, 0.717) is 0 Å². The lowest BCUT2D eigenvalue weighted by Crippen LogP contribution is -2.36. The Kier molecular flexibility index (Phi) is 3.53. The highest BCUT2D eigenvalue weighted by Crippen LogP contribution is 2.32. The van der Waals surface area contributed by atoms with Gasteiger partial charge in [-0.1, -0.05) is 66.7 Å². The number of carbonyl (C=O) groups excluding carboxylic acids is 1. The van der Waals surface area contributed by atoms with Gasteiger partial charge in [-0.15, -0.1) is 0 Å². The molecule has 2 aromatic carbocycles. The molecule has 2 aromatic rings. The topological polar surface area (TPSA) is 52.9 Å². The quantitative estimate of drug-likeness (QED) is 0.915. The summed E-state index contributed by atoms with van der Waals surface area (Å²) in [6, 6.07) is 21.5. The van der Waals surface area contributed by atoms with E-state index < -0.39 is 5.92 Å². The van der Waals surface area contributed by atoms with Crippen LogP contribution in [0.4, 0.5) is 0 Å². The first kappa shape index (κ1) is 13.1. The fourth-order valence-corrected chi connectivity index (χ4v) is 2.58. The van der Waals surface area contributed by atoms with Crippen molar-refractivity contribution >= 4 is 11.6 Å². The molecular formula is C18H14N2O. The summed E-state index contributed by atoms with van der Waals surface area (Å²) in [4.78, 5) is 12.2. The van der Waals surface area contributed by atoms with E-state index in [2.05, 4.69) is 11.4 Å². The molecule has 0 saturated heterocycles. The third-order valence-corrected chi connectivity index (χ3v) is 3.65. The highest BCUT2D eigenvalue weighted by atomic mass is 16.1. The van der Waals surface area contributed by atoms with Gasteiger partial charge in [-0.3, -0.25) is 4.79 Å². The Hall–Kier alpha value is -2.86. The fraction of sp³-hybridized carbons (Fsp3) is 0.111. The van der Waals surface area contributed by atoms with Crippen LogP contribution in [-0.2, 0) is 4.79 Å². The monoisotopic (exact) mass is 274 g/mol. The zero-order valence-corrected chi connectivity index (χ0v) is 11.4. The molecule has 1 aliphatic rings. The van der Waals surface area contributed by atoms with Crippen LogP contribution in [0, 0.1) is 17.2 Å². The van der Waals surface area contributed by atoms with Crippen LogP contribution in [0.1, 0.15) is 17.0 Å². The van der Waals surface area contributed by atoms with E-state index in [1.54, 1.807) is 0 Å². The molecule has 1 amide bonds. The number of nitrogens with one attached hydrogen (secondary N) is 1. The van der Waals surface area contributed by atoms with Crippen molar-refractivity contribution in [1.82, 2.24) is 5.32 Å². The van der Waals surface area contributed by atoms with Crippen molar-refractivity contribution < 1.29 is 4.79 Å². The summed E-state index contributed by atoms with van der Waals surface area (Å²) in [5.74, 6) is -1.16. The zero-order valence-electron chi connectivity index (χ0n) is 11.4. The van der Waals surface area contributed by atoms with Gasteiger partial charge in [-0.2, -0.15) is 5.26 Å². The molecule has 0 saturated carbocycles. The van der Waals surface area contributed by atoms with Crippen LogP contribution in [0.2, 0.25) is 0 Å². The number of benzene rings is 2. The number of allylic oxidation sites excluding steroid dienone is 1. The van der Waals surface area contributed by atoms with Crippen LogP contribution in [0.25, 0.3) is 5.70 Å². The van der Waals surface area contributed by atoms with E-state index in [1.165, 1.54) is 0 Å². The number of hydrogen-bond acceptors (Lipinski definition) is 2. The van der Waals surface area contributed by atoms with Crippen molar-refractivity contribution in [1.29, 1.82) is 5.26 Å². The molecule has 0 bridgehead atoms. The summed E-state index contributed by atoms with van der Waals surface area (Å²) in [5.41, 5.74) is 2.69. The van der Waals surface area contributed by atoms with Crippen molar-refractivity contribution in [3.8, 4) is 6.07 Å². The minimum atomic E-state index is -0.695. The Labute approximate surface area is 123 Å². The van der Waals surface area contributed by atoms with Gasteiger partial charge in [0, 0.05) is 11.6 Å². The van der Waals surface area contributed by atoms with Crippen LogP contribution in [0.5, 0.6) is 0 Å². The Morgan fingerprint density at radius 2 is 1.57 bits per heavy atom. The van der Waals surface area contributed by atoms with Gasteiger partial charge in [0.1, 0.15) is 5.92 Å². The van der Waals surface area contributed by atoms with Gasteiger partial charge in [0.05, 0.1) is 6.07 Å². The molecular weight excluding hydrogens is 260 g/mol. The maximum absolute atomic E-state index is 12.2. The second-order valence-electron chi connectivity index (χ2n) is 4.98. The summed E-state index contributed by atoms with van der Waals surface area (Å²) in [5, 5.41) is 12.1. The minimum absolute atomic E-state index is 0.222. The van der Waals surface area contributed by atoms with Gasteiger partial charge in [-0.25, -0.2) is 0 Å². The van der Waals surface area contributed by atoms with Crippen LogP contribution in [0.15, 0.2) is 66.7 Å². The molecule has 21 heavy (non-hydrogen) atoms. The van der Waals surface area contributed by atoms with E-state index in [9.17, 15) is 10.1 Å². The highest BCUT2D eigenvalue weighted by molar-refractivity contribution is 5.93. The van der Waals surface area contributed by atoms with Crippen molar-refractivity contribution in [2.24, 2.45) is 5.92 Å². The zero-order chi connectivity index (χ0) is 14.7. The van der Waals surface area contributed by atoms with Crippen molar-refractivity contribution in [2.75, 3.05) is 0 Å². The number of hydrogen-bond donors (Lipinski definition) is 1. The lowest BCUT2D eigenvalue weighted by Gasteiger charge is -2.26. The molecule has 102 valence electrons. The van der Waals surface area contributed by atoms with Crippen LogP contribution >= 0.6 is 0 Å².